The summed E-state index contributed by atoms with van der Waals surface area (Å²) in [6.45, 7) is 14.6. The second-order valence-electron chi connectivity index (χ2n) is 9.13. The van der Waals surface area contributed by atoms with E-state index >= 15 is 0 Å². The van der Waals surface area contributed by atoms with Crippen molar-refractivity contribution in [3.8, 4) is 0 Å². The van der Waals surface area contributed by atoms with Crippen LogP contribution in [0.2, 0.25) is 0 Å². The summed E-state index contributed by atoms with van der Waals surface area (Å²) >= 11 is 0. The van der Waals surface area contributed by atoms with Gasteiger partial charge in [0, 0.05) is 18.4 Å². The van der Waals surface area contributed by atoms with Crippen molar-refractivity contribution in [2.45, 2.75) is 79.2 Å². The number of hydrogen-bond acceptors (Lipinski definition) is 3. The maximum atomic E-state index is 11.5. The van der Waals surface area contributed by atoms with Gasteiger partial charge >= 0.3 is 11.9 Å². The van der Waals surface area contributed by atoms with Crippen molar-refractivity contribution in [2.75, 3.05) is 0 Å². The molecule has 2 fully saturated rings. The number of allylic oxidation sites excluding steroid dienone is 2. The molecule has 0 saturated heterocycles. The summed E-state index contributed by atoms with van der Waals surface area (Å²) in [6.07, 6.45) is 6.99. The molecule has 26 heavy (non-hydrogen) atoms. The van der Waals surface area contributed by atoms with Crippen molar-refractivity contribution >= 4 is 11.9 Å². The summed E-state index contributed by atoms with van der Waals surface area (Å²) in [5.41, 5.74) is 2.26. The third-order valence-electron chi connectivity index (χ3n) is 7.02. The van der Waals surface area contributed by atoms with Gasteiger partial charge in [-0.05, 0) is 62.7 Å². The molecule has 0 heterocycles. The van der Waals surface area contributed by atoms with Gasteiger partial charge in [0.15, 0.2) is 0 Å². The van der Waals surface area contributed by atoms with Gasteiger partial charge in [0.05, 0.1) is 0 Å². The number of hydrogen-bond donors (Lipinski definition) is 1. The van der Waals surface area contributed by atoms with Crippen molar-refractivity contribution in [1.82, 2.24) is 0 Å². The highest BCUT2D eigenvalue weighted by Crippen LogP contribution is 2.62. The number of carbonyl (C=O) groups excluding carboxylic acids is 1. The van der Waals surface area contributed by atoms with Crippen LogP contribution in [0.1, 0.15) is 73.1 Å². The zero-order valence-electron chi connectivity index (χ0n) is 16.9. The second-order valence-corrected chi connectivity index (χ2v) is 9.13. The Morgan fingerprint density at radius 3 is 2.50 bits per heavy atom. The monoisotopic (exact) mass is 362 g/mol. The van der Waals surface area contributed by atoms with Crippen LogP contribution in [0, 0.1) is 22.7 Å². The lowest BCUT2D eigenvalue weighted by molar-refractivity contribution is -0.174. The minimum atomic E-state index is -0.878. The third kappa shape index (κ3) is 4.05. The zero-order chi connectivity index (χ0) is 19.7. The van der Waals surface area contributed by atoms with Gasteiger partial charge in [0.2, 0.25) is 0 Å². The molecule has 2 saturated carbocycles. The normalized spacial score (nSPS) is 34.1. The van der Waals surface area contributed by atoms with Crippen LogP contribution in [0.25, 0.3) is 0 Å². The first-order valence-electron chi connectivity index (χ1n) is 9.73. The Kier molecular flexibility index (Phi) is 6.04. The van der Waals surface area contributed by atoms with Crippen LogP contribution in [-0.4, -0.2) is 23.1 Å². The minimum absolute atomic E-state index is 0.0290. The molecule has 0 unspecified atom stereocenters. The molecular formula is C22H34O4. The first kappa shape index (κ1) is 20.7. The summed E-state index contributed by atoms with van der Waals surface area (Å²) in [6, 6.07) is 0. The van der Waals surface area contributed by atoms with E-state index in [9.17, 15) is 9.59 Å². The zero-order valence-corrected chi connectivity index (χ0v) is 16.9. The topological polar surface area (TPSA) is 63.6 Å². The number of rotatable bonds is 5. The van der Waals surface area contributed by atoms with E-state index < -0.39 is 5.97 Å². The van der Waals surface area contributed by atoms with Gasteiger partial charge in [0.1, 0.15) is 6.10 Å². The molecule has 0 bridgehead atoms. The summed E-state index contributed by atoms with van der Waals surface area (Å²) in [5.74, 6) is -0.224. The molecule has 2 aliphatic carbocycles. The van der Waals surface area contributed by atoms with Crippen LogP contribution in [0.5, 0.6) is 0 Å². The number of carbonyl (C=O) groups is 2. The van der Waals surface area contributed by atoms with Crippen LogP contribution in [0.15, 0.2) is 23.8 Å². The first-order chi connectivity index (χ1) is 12.0. The summed E-state index contributed by atoms with van der Waals surface area (Å²) in [5, 5.41) is 8.95. The number of carboxylic acid groups (broad SMARTS) is 1. The quantitative estimate of drug-likeness (QED) is 0.418. The Balaban J connectivity index is 2.23. The minimum Gasteiger partial charge on any atom is -0.478 e. The van der Waals surface area contributed by atoms with Crippen LogP contribution >= 0.6 is 0 Å². The SMILES string of the molecule is C=C1CC[C@H]2C(C)(C)[C@@H](OC(C)=O)CC[C@]2(C)[C@H]1CC/C(C)=C\C(=O)O. The number of aliphatic carboxylic acids is 1. The van der Waals surface area contributed by atoms with Crippen LogP contribution in [0.4, 0.5) is 0 Å². The Bertz CT molecular complexity index is 616. The Morgan fingerprint density at radius 2 is 1.92 bits per heavy atom. The summed E-state index contributed by atoms with van der Waals surface area (Å²) in [7, 11) is 0. The molecule has 0 radical (unpaired) electrons. The van der Waals surface area contributed by atoms with E-state index in [1.54, 1.807) is 0 Å². The van der Waals surface area contributed by atoms with E-state index in [0.29, 0.717) is 11.8 Å². The molecule has 0 aromatic heterocycles. The van der Waals surface area contributed by atoms with Gasteiger partial charge in [-0.15, -0.1) is 0 Å². The molecule has 0 aliphatic heterocycles. The van der Waals surface area contributed by atoms with Gasteiger partial charge in [-0.2, -0.15) is 0 Å². The smallest absolute Gasteiger partial charge is 0.328 e. The molecule has 4 heteroatoms. The van der Waals surface area contributed by atoms with E-state index in [2.05, 4.69) is 27.4 Å². The fourth-order valence-corrected chi connectivity index (χ4v) is 5.75. The van der Waals surface area contributed by atoms with Crippen molar-refractivity contribution in [3.63, 3.8) is 0 Å². The van der Waals surface area contributed by atoms with E-state index in [1.165, 1.54) is 18.6 Å². The van der Waals surface area contributed by atoms with Crippen molar-refractivity contribution in [1.29, 1.82) is 0 Å². The Hall–Kier alpha value is -1.58. The predicted octanol–water partition coefficient (Wildman–Crippen LogP) is 5.14. The second kappa shape index (κ2) is 7.58. The average molecular weight is 363 g/mol. The highest BCUT2D eigenvalue weighted by molar-refractivity contribution is 5.80. The Morgan fingerprint density at radius 1 is 1.27 bits per heavy atom. The Labute approximate surface area is 157 Å². The van der Waals surface area contributed by atoms with E-state index in [4.69, 9.17) is 9.84 Å². The van der Waals surface area contributed by atoms with Crippen LogP contribution in [-0.2, 0) is 14.3 Å². The summed E-state index contributed by atoms with van der Waals surface area (Å²) < 4.78 is 5.67. The van der Waals surface area contributed by atoms with Crippen LogP contribution in [0.3, 0.4) is 0 Å². The van der Waals surface area contributed by atoms with E-state index in [0.717, 1.165) is 44.1 Å². The molecule has 2 aliphatic rings. The average Bonchev–Trinajstić information content (AvgIpc) is 2.48. The molecule has 4 nitrogen and oxygen atoms in total. The third-order valence-corrected chi connectivity index (χ3v) is 7.02. The van der Waals surface area contributed by atoms with Gasteiger partial charge in [-0.25, -0.2) is 4.79 Å². The number of esters is 1. The molecule has 146 valence electrons. The fraction of sp³-hybridized carbons (Fsp3) is 0.727. The fourth-order valence-electron chi connectivity index (χ4n) is 5.75. The van der Waals surface area contributed by atoms with Crippen molar-refractivity contribution in [3.05, 3.63) is 23.8 Å². The molecule has 0 spiro atoms. The van der Waals surface area contributed by atoms with E-state index in [1.807, 2.05) is 6.92 Å². The molecule has 0 aromatic carbocycles. The largest absolute Gasteiger partial charge is 0.478 e. The molecule has 0 amide bonds. The standard InChI is InChI=1S/C22H34O4/c1-14(13-20(24)25)7-9-17-15(2)8-10-18-21(4,5)19(26-16(3)23)11-12-22(17,18)6/h13,17-19H,2,7-12H2,1,3-6H3,(H,24,25)/b14-13-/t17-,18-,19-,22+/m0/s1. The van der Waals surface area contributed by atoms with Crippen molar-refractivity contribution < 1.29 is 19.4 Å². The number of carboxylic acids is 1. The van der Waals surface area contributed by atoms with E-state index in [-0.39, 0.29) is 22.9 Å². The maximum Gasteiger partial charge on any atom is 0.328 e. The van der Waals surface area contributed by atoms with Crippen LogP contribution < -0.4 is 0 Å². The van der Waals surface area contributed by atoms with Gasteiger partial charge < -0.3 is 9.84 Å². The molecule has 4 atom stereocenters. The molecule has 0 aromatic rings. The van der Waals surface area contributed by atoms with Gasteiger partial charge in [-0.1, -0.05) is 38.5 Å². The number of ether oxygens (including phenoxy) is 1. The lowest BCUT2D eigenvalue weighted by Gasteiger charge is -2.60. The molecular weight excluding hydrogens is 328 g/mol. The first-order valence-corrected chi connectivity index (χ1v) is 9.73. The summed E-state index contributed by atoms with van der Waals surface area (Å²) in [4.78, 5) is 22.4. The van der Waals surface area contributed by atoms with Gasteiger partial charge in [-0.3, -0.25) is 4.79 Å². The molecule has 2 rings (SSSR count). The lowest BCUT2D eigenvalue weighted by Crippen LogP contribution is -2.55. The predicted molar refractivity (Wildman–Crippen MR) is 103 cm³/mol. The highest BCUT2D eigenvalue weighted by atomic mass is 16.5. The van der Waals surface area contributed by atoms with Gasteiger partial charge in [0.25, 0.3) is 0 Å². The highest BCUT2D eigenvalue weighted by Gasteiger charge is 2.56. The maximum absolute atomic E-state index is 11.5. The number of fused-ring (bicyclic) bond motifs is 1. The van der Waals surface area contributed by atoms with Crippen molar-refractivity contribution in [2.24, 2.45) is 22.7 Å². The lowest BCUT2D eigenvalue weighted by atomic mass is 9.46. The molecule has 1 N–H and O–H groups in total.